The Hall–Kier alpha value is -0.710. The number of hydrogen-bond acceptors (Lipinski definition) is 2. The third-order valence-electron chi connectivity index (χ3n) is 0.908. The van der Waals surface area contributed by atoms with Crippen LogP contribution in [0.1, 0.15) is 0 Å². The van der Waals surface area contributed by atoms with E-state index in [0.717, 1.165) is 0 Å². The third kappa shape index (κ3) is 6.03. The number of halogens is 1. The predicted octanol–water partition coefficient (Wildman–Crippen LogP) is 0.145. The standard InChI is InChI=1S/C5H8FO5P/c6-2-4(1-5(7)8)3-12(9,10)11/h1H,2-3H2,(H,7,8)(H2,9,10,11). The van der Waals surface area contributed by atoms with Crippen molar-refractivity contribution in [2.75, 3.05) is 12.8 Å². The summed E-state index contributed by atoms with van der Waals surface area (Å²) < 4.78 is 22.1. The molecule has 0 aliphatic heterocycles. The molecule has 5 nitrogen and oxygen atoms in total. The molecular weight excluding hydrogens is 190 g/mol. The van der Waals surface area contributed by atoms with Gasteiger partial charge in [-0.3, -0.25) is 4.57 Å². The van der Waals surface area contributed by atoms with Crippen molar-refractivity contribution in [2.24, 2.45) is 0 Å². The molecule has 70 valence electrons. The number of allylic oxidation sites excluding steroid dienone is 1. The molecule has 0 aromatic heterocycles. The van der Waals surface area contributed by atoms with Crippen molar-refractivity contribution in [1.82, 2.24) is 0 Å². The minimum atomic E-state index is -4.37. The lowest BCUT2D eigenvalue weighted by Crippen LogP contribution is -1.99. The molecule has 0 unspecified atom stereocenters. The molecule has 0 fully saturated rings. The first-order valence-corrected chi connectivity index (χ1v) is 4.68. The van der Waals surface area contributed by atoms with Crippen molar-refractivity contribution in [3.63, 3.8) is 0 Å². The Kier molecular flexibility index (Phi) is 4.09. The van der Waals surface area contributed by atoms with Crippen LogP contribution < -0.4 is 0 Å². The zero-order valence-electron chi connectivity index (χ0n) is 5.97. The topological polar surface area (TPSA) is 94.8 Å². The van der Waals surface area contributed by atoms with Gasteiger partial charge in [0.05, 0.1) is 6.16 Å². The molecule has 0 radical (unpaired) electrons. The highest BCUT2D eigenvalue weighted by Crippen LogP contribution is 2.36. The van der Waals surface area contributed by atoms with Crippen LogP contribution in [-0.4, -0.2) is 33.7 Å². The molecule has 0 aliphatic rings. The van der Waals surface area contributed by atoms with Crippen molar-refractivity contribution < 1.29 is 28.6 Å². The summed E-state index contributed by atoms with van der Waals surface area (Å²) in [6.07, 6.45) is -0.394. The molecule has 0 rings (SSSR count). The fourth-order valence-corrected chi connectivity index (χ4v) is 1.27. The second-order valence-corrected chi connectivity index (χ2v) is 3.74. The van der Waals surface area contributed by atoms with Crippen LogP contribution in [0.5, 0.6) is 0 Å². The zero-order chi connectivity index (χ0) is 9.78. The molecular formula is C5H8FO5P. The van der Waals surface area contributed by atoms with Gasteiger partial charge in [-0.1, -0.05) is 0 Å². The van der Waals surface area contributed by atoms with Crippen LogP contribution in [0.25, 0.3) is 0 Å². The molecule has 0 amide bonds. The van der Waals surface area contributed by atoms with Gasteiger partial charge in [0.15, 0.2) is 0 Å². The number of alkyl halides is 1. The van der Waals surface area contributed by atoms with Gasteiger partial charge >= 0.3 is 13.6 Å². The normalized spacial score (nSPS) is 13.1. The van der Waals surface area contributed by atoms with Gasteiger partial charge in [0.2, 0.25) is 0 Å². The summed E-state index contributed by atoms with van der Waals surface area (Å²) in [6.45, 7) is -1.17. The molecule has 3 N–H and O–H groups in total. The minimum Gasteiger partial charge on any atom is -0.478 e. The number of aliphatic carboxylic acids is 1. The highest BCUT2D eigenvalue weighted by molar-refractivity contribution is 7.52. The minimum absolute atomic E-state index is 0.421. The van der Waals surface area contributed by atoms with E-state index < -0.39 is 32.0 Å². The van der Waals surface area contributed by atoms with Crippen LogP contribution in [0.4, 0.5) is 4.39 Å². The molecule has 0 atom stereocenters. The first-order valence-electron chi connectivity index (χ1n) is 2.88. The number of hydrogen-bond donors (Lipinski definition) is 3. The second kappa shape index (κ2) is 4.35. The number of carboxylic acid groups (broad SMARTS) is 1. The summed E-state index contributed by atoms with van der Waals surface area (Å²) in [5.41, 5.74) is -0.421. The van der Waals surface area contributed by atoms with E-state index in [2.05, 4.69) is 0 Å². The fourth-order valence-electron chi connectivity index (χ4n) is 0.566. The SMILES string of the molecule is O=C(O)C=C(CF)CP(=O)(O)O. The van der Waals surface area contributed by atoms with Gasteiger partial charge in [-0.25, -0.2) is 9.18 Å². The lowest BCUT2D eigenvalue weighted by atomic mass is 10.3. The summed E-state index contributed by atoms with van der Waals surface area (Å²) in [4.78, 5) is 26.6. The van der Waals surface area contributed by atoms with Gasteiger partial charge < -0.3 is 14.9 Å². The Labute approximate surface area is 67.7 Å². The smallest absolute Gasteiger partial charge is 0.329 e. The van der Waals surface area contributed by atoms with Crippen LogP contribution in [0.2, 0.25) is 0 Å². The Morgan fingerprint density at radius 1 is 1.50 bits per heavy atom. The summed E-state index contributed by atoms with van der Waals surface area (Å²) in [5.74, 6) is -1.42. The molecule has 0 saturated heterocycles. The first-order chi connectivity index (χ1) is 5.35. The van der Waals surface area contributed by atoms with E-state index in [0.29, 0.717) is 6.08 Å². The highest BCUT2D eigenvalue weighted by atomic mass is 31.2. The average molecular weight is 198 g/mol. The maximum absolute atomic E-state index is 11.9. The lowest BCUT2D eigenvalue weighted by Gasteiger charge is -2.03. The molecule has 12 heavy (non-hydrogen) atoms. The molecule has 0 aromatic rings. The quantitative estimate of drug-likeness (QED) is 0.441. The fraction of sp³-hybridized carbons (Fsp3) is 0.400. The summed E-state index contributed by atoms with van der Waals surface area (Å²) in [7, 11) is -4.37. The largest absolute Gasteiger partial charge is 0.478 e. The van der Waals surface area contributed by atoms with Gasteiger partial charge in [0.25, 0.3) is 0 Å². The number of carbonyl (C=O) groups is 1. The molecule has 7 heteroatoms. The van der Waals surface area contributed by atoms with E-state index in [4.69, 9.17) is 14.9 Å². The van der Waals surface area contributed by atoms with Gasteiger partial charge in [0, 0.05) is 6.08 Å². The third-order valence-corrected chi connectivity index (χ3v) is 1.73. The summed E-state index contributed by atoms with van der Waals surface area (Å²) >= 11 is 0. The van der Waals surface area contributed by atoms with Crippen LogP contribution in [0.3, 0.4) is 0 Å². The zero-order valence-corrected chi connectivity index (χ0v) is 6.87. The molecule has 0 aliphatic carbocycles. The Morgan fingerprint density at radius 2 is 2.00 bits per heavy atom. The van der Waals surface area contributed by atoms with Crippen LogP contribution in [0, 0.1) is 0 Å². The maximum atomic E-state index is 11.9. The Balaban J connectivity index is 4.39. The van der Waals surface area contributed by atoms with E-state index in [-0.39, 0.29) is 0 Å². The highest BCUT2D eigenvalue weighted by Gasteiger charge is 2.16. The molecule has 0 saturated carbocycles. The Bertz CT molecular complexity index is 242. The predicted molar refractivity (Wildman–Crippen MR) is 38.6 cm³/mol. The van der Waals surface area contributed by atoms with Crippen molar-refractivity contribution in [3.05, 3.63) is 11.6 Å². The first kappa shape index (κ1) is 11.3. The van der Waals surface area contributed by atoms with E-state index in [1.165, 1.54) is 0 Å². The van der Waals surface area contributed by atoms with E-state index in [1.807, 2.05) is 0 Å². The van der Waals surface area contributed by atoms with Gasteiger partial charge in [0.1, 0.15) is 6.67 Å². The van der Waals surface area contributed by atoms with Crippen LogP contribution >= 0.6 is 7.60 Å². The number of rotatable bonds is 4. The van der Waals surface area contributed by atoms with Gasteiger partial charge in [-0.2, -0.15) is 0 Å². The molecule has 0 spiro atoms. The monoisotopic (exact) mass is 198 g/mol. The molecule has 0 heterocycles. The van der Waals surface area contributed by atoms with Crippen molar-refractivity contribution in [3.8, 4) is 0 Å². The number of carboxylic acids is 1. The summed E-state index contributed by atoms with van der Waals surface area (Å²) in [6, 6.07) is 0. The average Bonchev–Trinajstić information content (AvgIpc) is 1.82. The van der Waals surface area contributed by atoms with E-state index in [1.54, 1.807) is 0 Å². The summed E-state index contributed by atoms with van der Waals surface area (Å²) in [5, 5.41) is 8.12. The van der Waals surface area contributed by atoms with Crippen molar-refractivity contribution in [1.29, 1.82) is 0 Å². The van der Waals surface area contributed by atoms with Gasteiger partial charge in [-0.15, -0.1) is 0 Å². The maximum Gasteiger partial charge on any atom is 0.329 e. The van der Waals surface area contributed by atoms with E-state index in [9.17, 15) is 13.8 Å². The van der Waals surface area contributed by atoms with E-state index >= 15 is 0 Å². The lowest BCUT2D eigenvalue weighted by molar-refractivity contribution is -0.131. The Morgan fingerprint density at radius 3 is 2.25 bits per heavy atom. The van der Waals surface area contributed by atoms with Crippen LogP contribution in [-0.2, 0) is 9.36 Å². The second-order valence-electron chi connectivity index (χ2n) is 2.10. The molecule has 0 aromatic carbocycles. The van der Waals surface area contributed by atoms with Crippen LogP contribution in [0.15, 0.2) is 11.6 Å². The van der Waals surface area contributed by atoms with Gasteiger partial charge in [-0.05, 0) is 5.57 Å². The molecule has 0 bridgehead atoms. The van der Waals surface area contributed by atoms with Crippen molar-refractivity contribution in [2.45, 2.75) is 0 Å². The van der Waals surface area contributed by atoms with Crippen molar-refractivity contribution >= 4 is 13.6 Å².